The van der Waals surface area contributed by atoms with Gasteiger partial charge >= 0.3 is 0 Å². The summed E-state index contributed by atoms with van der Waals surface area (Å²) in [5.74, 6) is 1.44. The van der Waals surface area contributed by atoms with E-state index in [2.05, 4.69) is 44.3 Å². The van der Waals surface area contributed by atoms with Gasteiger partial charge in [-0.3, -0.25) is 14.4 Å². The van der Waals surface area contributed by atoms with Crippen molar-refractivity contribution < 1.29 is 9.53 Å². The first-order chi connectivity index (χ1) is 15.0. The van der Waals surface area contributed by atoms with E-state index in [9.17, 15) is 4.79 Å². The highest BCUT2D eigenvalue weighted by Crippen LogP contribution is 2.26. The number of nitrogens with zero attached hydrogens (tertiary/aromatic N) is 6. The molecular formula is C22H30ClN7O2. The zero-order valence-corrected chi connectivity index (χ0v) is 19.7. The van der Waals surface area contributed by atoms with Crippen molar-refractivity contribution in [3.63, 3.8) is 0 Å². The van der Waals surface area contributed by atoms with Gasteiger partial charge in [0, 0.05) is 50.4 Å². The van der Waals surface area contributed by atoms with E-state index in [0.29, 0.717) is 29.8 Å². The van der Waals surface area contributed by atoms with Gasteiger partial charge in [0.05, 0.1) is 17.7 Å². The van der Waals surface area contributed by atoms with Crippen LogP contribution in [-0.2, 0) is 7.05 Å². The fourth-order valence-electron chi connectivity index (χ4n) is 4.05. The Morgan fingerprint density at radius 1 is 1.22 bits per heavy atom. The van der Waals surface area contributed by atoms with Crippen molar-refractivity contribution in [2.75, 3.05) is 43.0 Å². The molecule has 1 aliphatic heterocycles. The summed E-state index contributed by atoms with van der Waals surface area (Å²) in [6.07, 6.45) is 1.87. The molecule has 3 heterocycles. The van der Waals surface area contributed by atoms with Crippen molar-refractivity contribution in [3.8, 4) is 5.75 Å². The molecule has 1 saturated heterocycles. The standard InChI is InChI=1S/C22H29N7O2.ClH/c1-5-28-9-10-29(13-15(28)3)21-8-7-20(24-25-21)23-22(30)17-11-16-14-27(4)26-18(16)12-19(17)31-6-2;/h7-8,11-12,14-15H,5-6,9-10,13H2,1-4H3,(H,23,24,30);1H/t15-;/m0./s1. The largest absolute Gasteiger partial charge is 0.493 e. The fraction of sp³-hybridized carbons (Fsp3) is 0.455. The molecule has 1 atom stereocenters. The van der Waals surface area contributed by atoms with Gasteiger partial charge in [-0.15, -0.1) is 22.6 Å². The zero-order valence-electron chi connectivity index (χ0n) is 18.9. The van der Waals surface area contributed by atoms with Crippen molar-refractivity contribution in [2.45, 2.75) is 26.8 Å². The van der Waals surface area contributed by atoms with Gasteiger partial charge in [0.1, 0.15) is 5.75 Å². The Morgan fingerprint density at radius 2 is 2.03 bits per heavy atom. The minimum atomic E-state index is -0.290. The van der Waals surface area contributed by atoms with Crippen LogP contribution >= 0.6 is 12.4 Å². The van der Waals surface area contributed by atoms with Crippen molar-refractivity contribution in [1.82, 2.24) is 24.9 Å². The van der Waals surface area contributed by atoms with Crippen molar-refractivity contribution in [1.29, 1.82) is 0 Å². The van der Waals surface area contributed by atoms with E-state index in [0.717, 1.165) is 42.9 Å². The molecule has 172 valence electrons. The first kappa shape index (κ1) is 23.7. The Bertz CT molecular complexity index is 1070. The van der Waals surface area contributed by atoms with Crippen LogP contribution in [0.3, 0.4) is 0 Å². The topological polar surface area (TPSA) is 88.4 Å². The smallest absolute Gasteiger partial charge is 0.260 e. The Balaban J connectivity index is 0.00000289. The molecule has 1 aromatic carbocycles. The van der Waals surface area contributed by atoms with Crippen LogP contribution in [0.25, 0.3) is 10.9 Å². The summed E-state index contributed by atoms with van der Waals surface area (Å²) in [6, 6.07) is 7.75. The number of hydrogen-bond donors (Lipinski definition) is 1. The maximum atomic E-state index is 13.0. The van der Waals surface area contributed by atoms with E-state index in [1.165, 1.54) is 0 Å². The summed E-state index contributed by atoms with van der Waals surface area (Å²) in [5, 5.41) is 16.7. The quantitative estimate of drug-likeness (QED) is 0.606. The zero-order chi connectivity index (χ0) is 22.0. The second-order valence-corrected chi connectivity index (χ2v) is 7.80. The van der Waals surface area contributed by atoms with E-state index < -0.39 is 0 Å². The Morgan fingerprint density at radius 3 is 2.69 bits per heavy atom. The molecule has 1 N–H and O–H groups in total. The summed E-state index contributed by atoms with van der Waals surface area (Å²) >= 11 is 0. The average Bonchev–Trinajstić information content (AvgIpc) is 3.12. The van der Waals surface area contributed by atoms with Crippen LogP contribution in [0, 0.1) is 0 Å². The van der Waals surface area contributed by atoms with Crippen LogP contribution in [0.15, 0.2) is 30.5 Å². The predicted molar refractivity (Wildman–Crippen MR) is 128 cm³/mol. The molecule has 0 spiro atoms. The molecule has 4 rings (SSSR count). The number of ether oxygens (including phenoxy) is 1. The number of fused-ring (bicyclic) bond motifs is 1. The highest BCUT2D eigenvalue weighted by molar-refractivity contribution is 6.08. The number of aromatic nitrogens is 4. The van der Waals surface area contributed by atoms with Gasteiger partial charge in [0.2, 0.25) is 0 Å². The number of aryl methyl sites for hydroxylation is 1. The SMILES string of the molecule is CCOc1cc2nn(C)cc2cc1C(=O)Nc1ccc(N2CCN(CC)[C@@H](C)C2)nn1.Cl. The molecule has 32 heavy (non-hydrogen) atoms. The lowest BCUT2D eigenvalue weighted by molar-refractivity contribution is 0.102. The molecule has 0 unspecified atom stereocenters. The summed E-state index contributed by atoms with van der Waals surface area (Å²) in [5.41, 5.74) is 1.22. The van der Waals surface area contributed by atoms with E-state index >= 15 is 0 Å². The summed E-state index contributed by atoms with van der Waals surface area (Å²) in [4.78, 5) is 17.6. The number of amides is 1. The third-order valence-electron chi connectivity index (χ3n) is 5.65. The first-order valence-corrected chi connectivity index (χ1v) is 10.7. The number of rotatable bonds is 6. The molecule has 9 nitrogen and oxygen atoms in total. The van der Waals surface area contributed by atoms with Gasteiger partial charge in [0.25, 0.3) is 5.91 Å². The normalized spacial score (nSPS) is 16.6. The molecule has 0 bridgehead atoms. The molecule has 0 aliphatic carbocycles. The van der Waals surface area contributed by atoms with Crippen LogP contribution in [0.5, 0.6) is 5.75 Å². The second-order valence-electron chi connectivity index (χ2n) is 7.80. The van der Waals surface area contributed by atoms with Gasteiger partial charge in [0.15, 0.2) is 11.6 Å². The molecule has 3 aromatic rings. The molecule has 0 saturated carbocycles. The van der Waals surface area contributed by atoms with Gasteiger partial charge in [-0.05, 0) is 38.6 Å². The first-order valence-electron chi connectivity index (χ1n) is 10.7. The van der Waals surface area contributed by atoms with Gasteiger partial charge < -0.3 is 15.0 Å². The number of hydrogen-bond acceptors (Lipinski definition) is 7. The minimum absolute atomic E-state index is 0. The van der Waals surface area contributed by atoms with Crippen molar-refractivity contribution in [3.05, 3.63) is 36.0 Å². The lowest BCUT2D eigenvalue weighted by atomic mass is 10.1. The van der Waals surface area contributed by atoms with E-state index in [-0.39, 0.29) is 18.3 Å². The summed E-state index contributed by atoms with van der Waals surface area (Å²) < 4.78 is 7.40. The Labute approximate surface area is 194 Å². The van der Waals surface area contributed by atoms with Crippen LogP contribution in [-0.4, -0.2) is 69.6 Å². The van der Waals surface area contributed by atoms with Crippen molar-refractivity contribution >= 4 is 40.9 Å². The third-order valence-corrected chi connectivity index (χ3v) is 5.65. The van der Waals surface area contributed by atoms with Gasteiger partial charge in [-0.1, -0.05) is 6.92 Å². The number of anilines is 2. The number of carbonyl (C=O) groups is 1. The Hall–Kier alpha value is -2.91. The van der Waals surface area contributed by atoms with Crippen LogP contribution < -0.4 is 15.0 Å². The maximum absolute atomic E-state index is 13.0. The van der Waals surface area contributed by atoms with Crippen molar-refractivity contribution in [2.24, 2.45) is 7.05 Å². The summed E-state index contributed by atoms with van der Waals surface area (Å²) in [6.45, 7) is 10.7. The molecular weight excluding hydrogens is 430 g/mol. The third kappa shape index (κ3) is 4.94. The van der Waals surface area contributed by atoms with Gasteiger partial charge in [-0.25, -0.2) is 0 Å². The van der Waals surface area contributed by atoms with Crippen LogP contribution in [0.2, 0.25) is 0 Å². The van der Waals surface area contributed by atoms with Crippen LogP contribution in [0.4, 0.5) is 11.6 Å². The highest BCUT2D eigenvalue weighted by Gasteiger charge is 2.23. The van der Waals surface area contributed by atoms with Gasteiger partial charge in [-0.2, -0.15) is 5.10 Å². The number of carbonyl (C=O) groups excluding carboxylic acids is 1. The average molecular weight is 460 g/mol. The number of halogens is 1. The molecule has 10 heteroatoms. The molecule has 1 amide bonds. The summed E-state index contributed by atoms with van der Waals surface area (Å²) in [7, 11) is 1.85. The van der Waals surface area contributed by atoms with E-state index in [1.807, 2.05) is 26.2 Å². The molecule has 2 aromatic heterocycles. The highest BCUT2D eigenvalue weighted by atomic mass is 35.5. The van der Waals surface area contributed by atoms with E-state index in [1.54, 1.807) is 22.9 Å². The number of likely N-dealkylation sites (N-methyl/N-ethyl adjacent to an activating group) is 1. The second kappa shape index (κ2) is 10.1. The predicted octanol–water partition coefficient (Wildman–Crippen LogP) is 2.97. The number of nitrogens with one attached hydrogen (secondary N) is 1. The minimum Gasteiger partial charge on any atom is -0.493 e. The lowest BCUT2D eigenvalue weighted by Crippen LogP contribution is -2.52. The number of benzene rings is 1. The Kier molecular flexibility index (Phi) is 7.52. The fourth-order valence-corrected chi connectivity index (χ4v) is 4.05. The maximum Gasteiger partial charge on any atom is 0.260 e. The molecule has 1 aliphatic rings. The number of piperazine rings is 1. The molecule has 1 fully saturated rings. The monoisotopic (exact) mass is 459 g/mol. The van der Waals surface area contributed by atoms with Crippen LogP contribution in [0.1, 0.15) is 31.1 Å². The van der Waals surface area contributed by atoms with E-state index in [4.69, 9.17) is 4.74 Å². The molecule has 0 radical (unpaired) electrons. The lowest BCUT2D eigenvalue weighted by Gasteiger charge is -2.39.